The lowest BCUT2D eigenvalue weighted by atomic mass is 10.4. The van der Waals surface area contributed by atoms with Crippen molar-refractivity contribution in [2.75, 3.05) is 38.1 Å². The molecule has 0 radical (unpaired) electrons. The van der Waals surface area contributed by atoms with Gasteiger partial charge in [0.15, 0.2) is 0 Å². The zero-order chi connectivity index (χ0) is 22.2. The standard InChI is InChI=1S/C14H16NP.C12H21N2P/c15-11-12-16(13-7-3-1-4-8-13)14-9-5-2-6-10-14;13-8-4-10-15(11-5-9-14)12-6-2-1-3-7-12/h1-10H,11-12,15H2;1-3,6-7H,4-5,8-11,13-14H2. The van der Waals surface area contributed by atoms with Crippen molar-refractivity contribution >= 4 is 31.8 Å². The molecule has 0 spiro atoms. The van der Waals surface area contributed by atoms with Crippen LogP contribution in [-0.4, -0.2) is 38.1 Å². The Balaban J connectivity index is 0.000000221. The van der Waals surface area contributed by atoms with Gasteiger partial charge in [-0.25, -0.2) is 0 Å². The van der Waals surface area contributed by atoms with E-state index in [0.29, 0.717) is 0 Å². The van der Waals surface area contributed by atoms with Crippen LogP contribution < -0.4 is 33.1 Å². The van der Waals surface area contributed by atoms with E-state index in [1.165, 1.54) is 28.2 Å². The number of hydrogen-bond acceptors (Lipinski definition) is 3. The first-order valence-corrected chi connectivity index (χ1v) is 14.3. The van der Waals surface area contributed by atoms with Crippen LogP contribution in [0.1, 0.15) is 12.8 Å². The second-order valence-corrected chi connectivity index (χ2v) is 12.0. The minimum atomic E-state index is -0.276. The second kappa shape index (κ2) is 16.1. The van der Waals surface area contributed by atoms with Crippen LogP contribution in [0.5, 0.6) is 0 Å². The highest BCUT2D eigenvalue weighted by Crippen LogP contribution is 2.35. The van der Waals surface area contributed by atoms with Crippen LogP contribution in [0.25, 0.3) is 0 Å². The highest BCUT2D eigenvalue weighted by Gasteiger charge is 2.11. The van der Waals surface area contributed by atoms with Gasteiger partial charge in [-0.1, -0.05) is 98.9 Å². The van der Waals surface area contributed by atoms with E-state index in [1.807, 2.05) is 0 Å². The Morgan fingerprint density at radius 1 is 0.452 bits per heavy atom. The van der Waals surface area contributed by atoms with Gasteiger partial charge in [-0.3, -0.25) is 0 Å². The first-order valence-electron chi connectivity index (χ1n) is 11.1. The molecule has 31 heavy (non-hydrogen) atoms. The number of benzene rings is 3. The van der Waals surface area contributed by atoms with Crippen LogP contribution in [0.2, 0.25) is 0 Å². The van der Waals surface area contributed by atoms with Crippen molar-refractivity contribution in [3.63, 3.8) is 0 Å². The van der Waals surface area contributed by atoms with Crippen molar-refractivity contribution in [1.82, 2.24) is 0 Å². The van der Waals surface area contributed by atoms with Crippen molar-refractivity contribution in [3.05, 3.63) is 91.0 Å². The summed E-state index contributed by atoms with van der Waals surface area (Å²) in [6, 6.07) is 32.1. The molecule has 166 valence electrons. The summed E-state index contributed by atoms with van der Waals surface area (Å²) in [7, 11) is -0.304. The van der Waals surface area contributed by atoms with Crippen LogP contribution in [-0.2, 0) is 0 Å². The predicted octanol–water partition coefficient (Wildman–Crippen LogP) is 3.57. The van der Waals surface area contributed by atoms with E-state index in [4.69, 9.17) is 17.2 Å². The zero-order valence-corrected chi connectivity index (χ0v) is 20.2. The van der Waals surface area contributed by atoms with Crippen LogP contribution in [0.15, 0.2) is 91.0 Å². The van der Waals surface area contributed by atoms with Gasteiger partial charge in [0.2, 0.25) is 0 Å². The fourth-order valence-electron chi connectivity index (χ4n) is 3.33. The smallest absolute Gasteiger partial charge is 0.00318 e. The monoisotopic (exact) mass is 453 g/mol. The average Bonchev–Trinajstić information content (AvgIpc) is 2.85. The Morgan fingerprint density at radius 3 is 1.19 bits per heavy atom. The van der Waals surface area contributed by atoms with Gasteiger partial charge < -0.3 is 17.2 Å². The zero-order valence-electron chi connectivity index (χ0n) is 18.4. The highest BCUT2D eigenvalue weighted by atomic mass is 31.1. The maximum Gasteiger partial charge on any atom is -0.00318 e. The van der Waals surface area contributed by atoms with Crippen molar-refractivity contribution in [2.45, 2.75) is 12.8 Å². The summed E-state index contributed by atoms with van der Waals surface area (Å²) >= 11 is 0. The molecule has 3 aromatic rings. The third-order valence-electron chi connectivity index (χ3n) is 4.87. The van der Waals surface area contributed by atoms with Crippen LogP contribution in [0.4, 0.5) is 0 Å². The van der Waals surface area contributed by atoms with Gasteiger partial charge in [0, 0.05) is 0 Å². The van der Waals surface area contributed by atoms with Crippen molar-refractivity contribution in [2.24, 2.45) is 17.2 Å². The predicted molar refractivity (Wildman–Crippen MR) is 143 cm³/mol. The van der Waals surface area contributed by atoms with Gasteiger partial charge in [-0.2, -0.15) is 0 Å². The Bertz CT molecular complexity index is 753. The summed E-state index contributed by atoms with van der Waals surface area (Å²) in [5.41, 5.74) is 16.9. The first-order chi connectivity index (χ1) is 15.3. The maximum absolute atomic E-state index is 5.72. The fourth-order valence-corrected chi connectivity index (χ4v) is 7.92. The van der Waals surface area contributed by atoms with Crippen LogP contribution in [0.3, 0.4) is 0 Å². The fraction of sp³-hybridized carbons (Fsp3) is 0.308. The van der Waals surface area contributed by atoms with Gasteiger partial charge in [-0.15, -0.1) is 0 Å². The van der Waals surface area contributed by atoms with Crippen LogP contribution >= 0.6 is 15.8 Å². The molecular weight excluding hydrogens is 416 g/mol. The Kier molecular flexibility index (Phi) is 13.3. The van der Waals surface area contributed by atoms with E-state index in [1.54, 1.807) is 0 Å². The summed E-state index contributed by atoms with van der Waals surface area (Å²) in [6.45, 7) is 2.35. The molecule has 0 saturated carbocycles. The third-order valence-corrected chi connectivity index (χ3v) is 10.2. The summed E-state index contributed by atoms with van der Waals surface area (Å²) in [6.07, 6.45) is 5.81. The van der Waals surface area contributed by atoms with Crippen LogP contribution in [0, 0.1) is 0 Å². The second-order valence-electron chi connectivity index (χ2n) is 7.22. The Morgan fingerprint density at radius 2 is 0.839 bits per heavy atom. The lowest BCUT2D eigenvalue weighted by Gasteiger charge is -2.17. The number of nitrogens with two attached hydrogens (primary N) is 3. The average molecular weight is 454 g/mol. The van der Waals surface area contributed by atoms with Gasteiger partial charge in [0.05, 0.1) is 0 Å². The van der Waals surface area contributed by atoms with Gasteiger partial charge in [-0.05, 0) is 74.8 Å². The van der Waals surface area contributed by atoms with Gasteiger partial charge >= 0.3 is 0 Å². The summed E-state index contributed by atoms with van der Waals surface area (Å²) < 4.78 is 0. The van der Waals surface area contributed by atoms with E-state index < -0.39 is 0 Å². The Hall–Kier alpha value is -1.60. The molecule has 0 aliphatic heterocycles. The van der Waals surface area contributed by atoms with Crippen molar-refractivity contribution in [1.29, 1.82) is 0 Å². The minimum absolute atomic E-state index is 0.0275. The van der Waals surface area contributed by atoms with E-state index in [0.717, 1.165) is 38.6 Å². The Labute approximate surface area is 190 Å². The topological polar surface area (TPSA) is 78.1 Å². The molecule has 0 aliphatic carbocycles. The van der Waals surface area contributed by atoms with E-state index in [-0.39, 0.29) is 15.8 Å². The molecule has 0 atom stereocenters. The van der Waals surface area contributed by atoms with E-state index in [2.05, 4.69) is 91.0 Å². The molecule has 0 heterocycles. The molecule has 3 nitrogen and oxygen atoms in total. The molecule has 0 fully saturated rings. The summed E-state index contributed by atoms with van der Waals surface area (Å²) in [4.78, 5) is 0. The third kappa shape index (κ3) is 9.60. The SMILES string of the molecule is NCCCP(CCCN)c1ccccc1.NCCP(c1ccccc1)c1ccccc1. The maximum atomic E-state index is 5.72. The number of rotatable bonds is 11. The first kappa shape index (κ1) is 25.7. The van der Waals surface area contributed by atoms with E-state index >= 15 is 0 Å². The normalized spacial score (nSPS) is 10.7. The molecule has 0 unspecified atom stereocenters. The molecule has 5 heteroatoms. The molecule has 3 rings (SSSR count). The molecule has 0 saturated heterocycles. The lowest BCUT2D eigenvalue weighted by Crippen LogP contribution is -2.18. The summed E-state index contributed by atoms with van der Waals surface area (Å²) in [5.74, 6) is 0. The largest absolute Gasteiger partial charge is 0.330 e. The molecular formula is C26H37N3P2. The van der Waals surface area contributed by atoms with E-state index in [9.17, 15) is 0 Å². The molecule has 0 bridgehead atoms. The molecule has 6 N–H and O–H groups in total. The molecule has 0 amide bonds. The quantitative estimate of drug-likeness (QED) is 0.389. The minimum Gasteiger partial charge on any atom is -0.330 e. The lowest BCUT2D eigenvalue weighted by molar-refractivity contribution is 0.916. The summed E-state index contributed by atoms with van der Waals surface area (Å²) in [5, 5.41) is 4.32. The van der Waals surface area contributed by atoms with Gasteiger partial charge in [0.25, 0.3) is 0 Å². The molecule has 0 aliphatic rings. The van der Waals surface area contributed by atoms with Gasteiger partial charge in [0.1, 0.15) is 0 Å². The highest BCUT2D eigenvalue weighted by molar-refractivity contribution is 7.73. The van der Waals surface area contributed by atoms with Crippen molar-refractivity contribution < 1.29 is 0 Å². The molecule has 3 aromatic carbocycles. The number of hydrogen-bond donors (Lipinski definition) is 3. The van der Waals surface area contributed by atoms with Crippen molar-refractivity contribution in [3.8, 4) is 0 Å². The molecule has 0 aromatic heterocycles.